The highest BCUT2D eigenvalue weighted by atomic mass is 16.5. The zero-order valence-corrected chi connectivity index (χ0v) is 13.0. The van der Waals surface area contributed by atoms with E-state index in [1.54, 1.807) is 14.2 Å². The average molecular weight is 275 g/mol. The number of allylic oxidation sites excluding steroid dienone is 1. The summed E-state index contributed by atoms with van der Waals surface area (Å²) in [4.78, 5) is 2.51. The Morgan fingerprint density at radius 1 is 1.35 bits per heavy atom. The summed E-state index contributed by atoms with van der Waals surface area (Å²) < 4.78 is 10.9. The van der Waals surface area contributed by atoms with E-state index in [-0.39, 0.29) is 0 Å². The highest BCUT2D eigenvalue weighted by Gasteiger charge is 2.26. The summed E-state index contributed by atoms with van der Waals surface area (Å²) in [5.41, 5.74) is 2.70. The van der Waals surface area contributed by atoms with E-state index in [0.29, 0.717) is 5.92 Å². The smallest absolute Gasteiger partial charge is 0.122 e. The molecule has 110 valence electrons. The van der Waals surface area contributed by atoms with E-state index < -0.39 is 0 Å². The molecule has 1 aliphatic rings. The van der Waals surface area contributed by atoms with Gasteiger partial charge in [0.05, 0.1) is 14.2 Å². The quantitative estimate of drug-likeness (QED) is 0.768. The molecule has 0 aromatic heterocycles. The van der Waals surface area contributed by atoms with Gasteiger partial charge >= 0.3 is 0 Å². The molecule has 0 bridgehead atoms. The van der Waals surface area contributed by atoms with Gasteiger partial charge in [-0.3, -0.25) is 4.90 Å². The SMILES string of the molecule is C/C=C(\C)CN1CC[C@@H](c2cc(OC)ccc2OC)C1. The molecule has 0 radical (unpaired) electrons. The van der Waals surface area contributed by atoms with Crippen molar-refractivity contribution >= 4 is 0 Å². The van der Waals surface area contributed by atoms with Crippen molar-refractivity contribution in [2.45, 2.75) is 26.2 Å². The molecule has 1 atom stereocenters. The standard InChI is InChI=1S/C17H25NO2/c1-5-13(2)11-18-9-8-14(12-18)16-10-15(19-3)6-7-17(16)20-4/h5-7,10,14H,8-9,11-12H2,1-4H3/b13-5+/t14-/m1/s1. The van der Waals surface area contributed by atoms with Crippen molar-refractivity contribution in [2.24, 2.45) is 0 Å². The Morgan fingerprint density at radius 3 is 2.80 bits per heavy atom. The minimum Gasteiger partial charge on any atom is -0.497 e. The first kappa shape index (κ1) is 14.9. The van der Waals surface area contributed by atoms with Crippen LogP contribution in [0.15, 0.2) is 29.8 Å². The molecule has 3 nitrogen and oxygen atoms in total. The summed E-state index contributed by atoms with van der Waals surface area (Å²) in [5.74, 6) is 2.41. The molecule has 3 heteroatoms. The van der Waals surface area contributed by atoms with E-state index in [9.17, 15) is 0 Å². The van der Waals surface area contributed by atoms with Gasteiger partial charge in [-0.25, -0.2) is 0 Å². The number of hydrogen-bond donors (Lipinski definition) is 0. The second-order valence-electron chi connectivity index (χ2n) is 5.46. The molecule has 1 fully saturated rings. The van der Waals surface area contributed by atoms with Gasteiger partial charge in [0.25, 0.3) is 0 Å². The third-order valence-corrected chi connectivity index (χ3v) is 4.11. The fraction of sp³-hybridized carbons (Fsp3) is 0.529. The summed E-state index contributed by atoms with van der Waals surface area (Å²) in [6.07, 6.45) is 3.37. The molecule has 0 saturated carbocycles. The summed E-state index contributed by atoms with van der Waals surface area (Å²) in [6, 6.07) is 6.09. The minimum absolute atomic E-state index is 0.532. The Kier molecular flexibility index (Phi) is 5.07. The lowest BCUT2D eigenvalue weighted by molar-refractivity contribution is 0.359. The Balaban J connectivity index is 2.12. The molecule has 1 heterocycles. The monoisotopic (exact) mass is 275 g/mol. The summed E-state index contributed by atoms with van der Waals surface area (Å²) in [6.45, 7) is 7.61. The molecule has 0 unspecified atom stereocenters. The third kappa shape index (κ3) is 3.34. The van der Waals surface area contributed by atoms with Crippen LogP contribution < -0.4 is 9.47 Å². The van der Waals surface area contributed by atoms with Crippen LogP contribution in [0, 0.1) is 0 Å². The molecule has 1 aromatic rings. The van der Waals surface area contributed by atoms with Crippen molar-refractivity contribution in [2.75, 3.05) is 33.9 Å². The molecule has 20 heavy (non-hydrogen) atoms. The van der Waals surface area contributed by atoms with Crippen LogP contribution in [0.5, 0.6) is 11.5 Å². The molecule has 0 spiro atoms. The first-order valence-corrected chi connectivity index (χ1v) is 7.24. The zero-order valence-electron chi connectivity index (χ0n) is 13.0. The maximum atomic E-state index is 5.51. The summed E-state index contributed by atoms with van der Waals surface area (Å²) >= 11 is 0. The molecule has 0 N–H and O–H groups in total. The highest BCUT2D eigenvalue weighted by molar-refractivity contribution is 5.43. The molecule has 2 rings (SSSR count). The van der Waals surface area contributed by atoms with E-state index in [4.69, 9.17) is 9.47 Å². The van der Waals surface area contributed by atoms with E-state index in [1.165, 1.54) is 17.6 Å². The number of ether oxygens (including phenoxy) is 2. The van der Waals surface area contributed by atoms with Gasteiger partial charge in [-0.05, 0) is 45.0 Å². The fourth-order valence-corrected chi connectivity index (χ4v) is 2.83. The van der Waals surface area contributed by atoms with E-state index in [2.05, 4.69) is 30.9 Å². The molecule has 1 aliphatic heterocycles. The van der Waals surface area contributed by atoms with Gasteiger partial charge in [-0.1, -0.05) is 11.6 Å². The van der Waals surface area contributed by atoms with E-state index in [1.807, 2.05) is 12.1 Å². The first-order chi connectivity index (χ1) is 9.67. The molecule has 0 aliphatic carbocycles. The molecular formula is C17H25NO2. The summed E-state index contributed by atoms with van der Waals surface area (Å²) in [7, 11) is 3.45. The lowest BCUT2D eigenvalue weighted by Crippen LogP contribution is -2.22. The normalized spacial score (nSPS) is 20.2. The number of hydrogen-bond acceptors (Lipinski definition) is 3. The van der Waals surface area contributed by atoms with Crippen molar-refractivity contribution in [3.63, 3.8) is 0 Å². The van der Waals surface area contributed by atoms with Crippen LogP contribution in [-0.4, -0.2) is 38.8 Å². The van der Waals surface area contributed by atoms with Gasteiger partial charge < -0.3 is 9.47 Å². The predicted octanol–water partition coefficient (Wildman–Crippen LogP) is 3.46. The lowest BCUT2D eigenvalue weighted by atomic mass is 9.97. The molecule has 1 saturated heterocycles. The maximum Gasteiger partial charge on any atom is 0.122 e. The highest BCUT2D eigenvalue weighted by Crippen LogP contribution is 2.36. The van der Waals surface area contributed by atoms with Gasteiger partial charge in [0.15, 0.2) is 0 Å². The van der Waals surface area contributed by atoms with Crippen LogP contribution in [-0.2, 0) is 0 Å². The third-order valence-electron chi connectivity index (χ3n) is 4.11. The topological polar surface area (TPSA) is 21.7 Å². The van der Waals surface area contributed by atoms with Crippen LogP contribution in [0.3, 0.4) is 0 Å². The van der Waals surface area contributed by atoms with E-state index >= 15 is 0 Å². The largest absolute Gasteiger partial charge is 0.497 e. The Labute approximate surface area is 122 Å². The van der Waals surface area contributed by atoms with Gasteiger partial charge in [0, 0.05) is 24.6 Å². The second-order valence-corrected chi connectivity index (χ2v) is 5.46. The summed E-state index contributed by atoms with van der Waals surface area (Å²) in [5, 5.41) is 0. The van der Waals surface area contributed by atoms with E-state index in [0.717, 1.165) is 31.1 Å². The fourth-order valence-electron chi connectivity index (χ4n) is 2.83. The molecule has 1 aromatic carbocycles. The van der Waals surface area contributed by atoms with Gasteiger partial charge in [0.1, 0.15) is 11.5 Å². The Hall–Kier alpha value is -1.48. The number of rotatable bonds is 5. The number of likely N-dealkylation sites (tertiary alicyclic amines) is 1. The van der Waals surface area contributed by atoms with Gasteiger partial charge in [0.2, 0.25) is 0 Å². The van der Waals surface area contributed by atoms with Crippen LogP contribution in [0.25, 0.3) is 0 Å². The number of methoxy groups -OCH3 is 2. The number of benzene rings is 1. The Bertz CT molecular complexity index is 482. The van der Waals surface area contributed by atoms with Crippen molar-refractivity contribution < 1.29 is 9.47 Å². The zero-order chi connectivity index (χ0) is 14.5. The van der Waals surface area contributed by atoms with Gasteiger partial charge in [-0.15, -0.1) is 0 Å². The predicted molar refractivity (Wildman–Crippen MR) is 82.8 cm³/mol. The molecular weight excluding hydrogens is 250 g/mol. The van der Waals surface area contributed by atoms with Crippen molar-refractivity contribution in [3.05, 3.63) is 35.4 Å². The maximum absolute atomic E-state index is 5.51. The van der Waals surface area contributed by atoms with Crippen molar-refractivity contribution in [1.29, 1.82) is 0 Å². The molecule has 0 amide bonds. The minimum atomic E-state index is 0.532. The first-order valence-electron chi connectivity index (χ1n) is 7.24. The van der Waals surface area contributed by atoms with Gasteiger partial charge in [-0.2, -0.15) is 0 Å². The number of nitrogens with zero attached hydrogens (tertiary/aromatic N) is 1. The average Bonchev–Trinajstić information content (AvgIpc) is 2.94. The second kappa shape index (κ2) is 6.80. The Morgan fingerprint density at radius 2 is 2.15 bits per heavy atom. The van der Waals surface area contributed by atoms with Crippen LogP contribution >= 0.6 is 0 Å². The van der Waals surface area contributed by atoms with Crippen LogP contribution in [0.4, 0.5) is 0 Å². The van der Waals surface area contributed by atoms with Crippen molar-refractivity contribution in [3.8, 4) is 11.5 Å². The van der Waals surface area contributed by atoms with Crippen LogP contribution in [0.1, 0.15) is 31.7 Å². The van der Waals surface area contributed by atoms with Crippen LogP contribution in [0.2, 0.25) is 0 Å². The lowest BCUT2D eigenvalue weighted by Gasteiger charge is -2.18. The van der Waals surface area contributed by atoms with Crippen molar-refractivity contribution in [1.82, 2.24) is 4.90 Å².